The molecule has 358 valence electrons. The zero-order valence-corrected chi connectivity index (χ0v) is 40.2. The molecule has 0 bridgehead atoms. The predicted octanol–water partition coefficient (Wildman–Crippen LogP) is -0.263. The molecule has 0 aliphatic heterocycles. The summed E-state index contributed by atoms with van der Waals surface area (Å²) < 4.78 is 0. The molecule has 4 aromatic carbocycles. The van der Waals surface area contributed by atoms with Crippen molar-refractivity contribution in [1.29, 1.82) is 0 Å². The van der Waals surface area contributed by atoms with Crippen molar-refractivity contribution in [3.63, 3.8) is 0 Å². The molecule has 0 saturated carbocycles. The summed E-state index contributed by atoms with van der Waals surface area (Å²) in [4.78, 5) is 57.0. The summed E-state index contributed by atoms with van der Waals surface area (Å²) in [5, 5.41) is 50.3. The number of hydrogen-bond donors (Lipinski definition) is 8. The molecule has 0 aliphatic carbocycles. The topological polar surface area (TPSA) is 483 Å². The van der Waals surface area contributed by atoms with Gasteiger partial charge in [0.15, 0.2) is 20.5 Å². The van der Waals surface area contributed by atoms with Crippen LogP contribution in [0, 0.1) is 0 Å². The first kappa shape index (κ1) is 62.7. The Kier molecular flexibility index (Phi) is 29.1. The molecular weight excluding hydrogens is 1050 g/mol. The Morgan fingerprint density at radius 2 is 0.471 bits per heavy atom. The van der Waals surface area contributed by atoms with E-state index < -0.39 is 23.9 Å². The quantitative estimate of drug-likeness (QED) is 0.0785. The Labute approximate surface area is 423 Å². The molecule has 4 aromatic heterocycles. The van der Waals surface area contributed by atoms with E-state index in [9.17, 15) is 39.6 Å². The van der Waals surface area contributed by atoms with Crippen LogP contribution in [0.15, 0.2) is 119 Å². The van der Waals surface area contributed by atoms with Gasteiger partial charge in [0.05, 0.1) is 23.9 Å². The van der Waals surface area contributed by atoms with E-state index in [1.165, 1.54) is 142 Å². The number of thiazole rings is 4. The summed E-state index contributed by atoms with van der Waals surface area (Å²) in [6, 6.07) is 23.4. The van der Waals surface area contributed by atoms with Crippen LogP contribution >= 0.6 is 45.3 Å². The average Bonchev–Trinajstić information content (AvgIpc) is 4.09. The molecule has 68 heavy (non-hydrogen) atoms. The first-order valence-electron chi connectivity index (χ1n) is 17.4. The van der Waals surface area contributed by atoms with E-state index in [0.717, 1.165) is 22.8 Å². The Balaban J connectivity index is 0. The van der Waals surface area contributed by atoms with Gasteiger partial charge in [0.2, 0.25) is 0 Å². The molecular formula is C40H40Mn2N12O10S4. The first-order valence-corrected chi connectivity index (χ1v) is 20.9. The summed E-state index contributed by atoms with van der Waals surface area (Å²) in [6.45, 7) is 0. The van der Waals surface area contributed by atoms with Gasteiger partial charge in [-0.1, -0.05) is 48.5 Å². The van der Waals surface area contributed by atoms with Crippen LogP contribution in [0.5, 0.6) is 0 Å². The van der Waals surface area contributed by atoms with Crippen molar-refractivity contribution in [1.82, 2.24) is 19.9 Å². The molecule has 8 aromatic rings. The van der Waals surface area contributed by atoms with Crippen LogP contribution in [0.4, 0.5) is 43.3 Å². The van der Waals surface area contributed by atoms with Crippen molar-refractivity contribution >= 4 is 113 Å². The zero-order chi connectivity index (χ0) is 47.3. The van der Waals surface area contributed by atoms with E-state index in [1.54, 1.807) is 0 Å². The van der Waals surface area contributed by atoms with Crippen molar-refractivity contribution in [3.8, 4) is 22.8 Å². The summed E-state index contributed by atoms with van der Waals surface area (Å²) in [7, 11) is 0. The molecule has 0 amide bonds. The number of nitrogen functional groups attached to an aromatic ring is 8. The van der Waals surface area contributed by atoms with Gasteiger partial charge < -0.3 is 96.4 Å². The zero-order valence-electron chi connectivity index (χ0n) is 34.6. The summed E-state index contributed by atoms with van der Waals surface area (Å²) in [6.07, 6.45) is 0. The van der Waals surface area contributed by atoms with E-state index in [0.29, 0.717) is 43.3 Å². The second-order valence-corrected chi connectivity index (χ2v) is 15.5. The maximum absolute atomic E-state index is 10.2. The van der Waals surface area contributed by atoms with Gasteiger partial charge in [0.25, 0.3) is 0 Å². The van der Waals surface area contributed by atoms with Crippen LogP contribution in [-0.4, -0.2) is 54.8 Å². The number of hydrogen-bond acceptors (Lipinski definition) is 24. The molecule has 8 rings (SSSR count). The number of anilines is 8. The maximum atomic E-state index is 10.2. The van der Waals surface area contributed by atoms with Gasteiger partial charge in [-0.15, -0.1) is 45.3 Å². The maximum Gasteiger partial charge on any atom is 2.00 e. The molecule has 4 heterocycles. The number of rotatable bonds is 6. The van der Waals surface area contributed by atoms with Crippen molar-refractivity contribution in [3.05, 3.63) is 141 Å². The molecule has 0 atom stereocenters. The number of aromatic nitrogens is 4. The molecule has 0 spiro atoms. The van der Waals surface area contributed by atoms with Crippen LogP contribution in [0.2, 0.25) is 0 Å². The van der Waals surface area contributed by atoms with Crippen molar-refractivity contribution in [2.45, 2.75) is 0 Å². The monoisotopic (exact) mass is 1090 g/mol. The Morgan fingerprint density at radius 3 is 0.574 bits per heavy atom. The third-order valence-corrected chi connectivity index (χ3v) is 9.89. The van der Waals surface area contributed by atoms with Gasteiger partial charge in [-0.3, -0.25) is 0 Å². The number of carbonyl (C=O) groups is 4. The van der Waals surface area contributed by atoms with Gasteiger partial charge in [-0.25, -0.2) is 19.9 Å². The van der Waals surface area contributed by atoms with Crippen molar-refractivity contribution in [2.75, 3.05) is 45.9 Å². The number of benzene rings is 4. The van der Waals surface area contributed by atoms with Crippen LogP contribution in [0.1, 0.15) is 41.4 Å². The smallest absolute Gasteiger partial charge is 0.545 e. The predicted molar refractivity (Wildman–Crippen MR) is 252 cm³/mol. The molecule has 0 aliphatic rings. The minimum Gasteiger partial charge on any atom is -0.545 e. The fraction of sp³-hybridized carbons (Fsp3) is 0. The van der Waals surface area contributed by atoms with E-state index in [2.05, 4.69) is 19.9 Å². The van der Waals surface area contributed by atoms with Crippen LogP contribution < -0.4 is 66.3 Å². The Hall–Kier alpha value is -7.36. The minimum absolute atomic E-state index is 0. The Bertz CT molecular complexity index is 2370. The Morgan fingerprint density at radius 1 is 0.324 bits per heavy atom. The van der Waals surface area contributed by atoms with Crippen molar-refractivity contribution in [2.24, 2.45) is 0 Å². The van der Waals surface area contributed by atoms with E-state index in [1.807, 2.05) is 21.5 Å². The molecule has 2 radical (unpaired) electrons. The third kappa shape index (κ3) is 22.7. The molecule has 28 heteroatoms. The van der Waals surface area contributed by atoms with E-state index >= 15 is 0 Å². The largest absolute Gasteiger partial charge is 2.00 e. The number of nitrogens with zero attached hydrogens (tertiary/aromatic N) is 4. The van der Waals surface area contributed by atoms with Gasteiger partial charge >= 0.3 is 34.1 Å². The van der Waals surface area contributed by atoms with Crippen LogP contribution in [0.25, 0.3) is 22.8 Å². The molecule has 22 nitrogen and oxygen atoms in total. The minimum atomic E-state index is -1.18. The third-order valence-electron chi connectivity index (χ3n) is 7.20. The van der Waals surface area contributed by atoms with Gasteiger partial charge in [0, 0.05) is 44.3 Å². The second-order valence-electron chi connectivity index (χ2n) is 11.9. The molecule has 0 saturated heterocycles. The fourth-order valence-electron chi connectivity index (χ4n) is 4.10. The summed E-state index contributed by atoms with van der Waals surface area (Å²) in [5.74, 6) is -4.72. The van der Waals surface area contributed by atoms with E-state index in [-0.39, 0.29) is 67.3 Å². The molecule has 0 fully saturated rings. The number of aromatic carboxylic acids is 4. The molecule has 0 unspecified atom stereocenters. The van der Waals surface area contributed by atoms with E-state index in [4.69, 9.17) is 45.9 Å². The number of carboxylic acid groups (broad SMARTS) is 4. The normalized spacial score (nSPS) is 9.06. The molecule has 20 N–H and O–H groups in total. The van der Waals surface area contributed by atoms with Gasteiger partial charge in [-0.2, -0.15) is 0 Å². The fourth-order valence-corrected chi connectivity index (χ4v) is 6.33. The van der Waals surface area contributed by atoms with Gasteiger partial charge in [-0.05, 0) is 70.8 Å². The second kappa shape index (κ2) is 31.5. The first-order chi connectivity index (χ1) is 30.3. The number of carbonyl (C=O) groups excluding carboxylic acids is 4. The van der Waals surface area contributed by atoms with Crippen LogP contribution in [-0.2, 0) is 34.1 Å². The standard InChI is InChI=1S/4C7H7NO2.2C6H6N4S2.2Mn.2H2O/c4*8-6-3-1-5(2-4-6)7(9)10;2*7-5-9-3(1-11-5)4-2-12-6(8)10-4;;;;/h4*1-4H,8H2,(H,9,10);2*1-2H,(H2,7,9)(H2,8,10);;;2*1H2/q;;;;;;2*+2;;/p-4. The summed E-state index contributed by atoms with van der Waals surface area (Å²) >= 11 is 5.60. The van der Waals surface area contributed by atoms with Gasteiger partial charge in [0.1, 0.15) is 22.8 Å². The SMILES string of the molecule is Nc1ccc(C(=O)[O-])cc1.Nc1ccc(C(=O)[O-])cc1.Nc1ccc(C(=O)[O-])cc1.Nc1ccc(C(=O)[O-])cc1.Nc1nc(-c2csc(N)n2)cs1.Nc1nc(-c2csc(N)n2)cs1.O.O.[Mn+2].[Mn+2]. The average molecular weight is 1090 g/mol. The van der Waals surface area contributed by atoms with Crippen molar-refractivity contribution < 1.29 is 84.7 Å². The summed E-state index contributed by atoms with van der Waals surface area (Å²) in [5.41, 5.74) is 49.1. The number of nitrogens with two attached hydrogens (primary N) is 8. The number of carboxylic acids is 4. The van der Waals surface area contributed by atoms with Crippen LogP contribution in [0.3, 0.4) is 0 Å².